The smallest absolute Gasteiger partial charge is 0.0847 e. The lowest BCUT2D eigenvalue weighted by Crippen LogP contribution is -2.03. The van der Waals surface area contributed by atoms with E-state index in [9.17, 15) is 0 Å². The number of hydrogen-bond donors (Lipinski definition) is 0. The Labute approximate surface area is 127 Å². The summed E-state index contributed by atoms with van der Waals surface area (Å²) in [7, 11) is 0. The number of rotatable bonds is 4. The summed E-state index contributed by atoms with van der Waals surface area (Å²) in [6, 6.07) is 1.58. The fraction of sp³-hybridized carbons (Fsp3) is 0.538. The second kappa shape index (κ2) is 5.76. The monoisotopic (exact) mass is 326 g/mol. The molecular weight excluding hydrogens is 314 g/mol. The number of hydrogen-bond acceptors (Lipinski definition) is 1. The molecule has 0 radical (unpaired) electrons. The van der Waals surface area contributed by atoms with E-state index in [1.807, 2.05) is 0 Å². The third-order valence-corrected chi connectivity index (χ3v) is 4.92. The molecule has 1 heterocycles. The molecule has 5 heteroatoms. The maximum Gasteiger partial charge on any atom is 0.0847 e. The molecule has 3 unspecified atom stereocenters. The molecule has 0 spiro atoms. The van der Waals surface area contributed by atoms with Crippen molar-refractivity contribution in [1.29, 1.82) is 0 Å². The molecule has 3 atom stereocenters. The highest BCUT2D eigenvalue weighted by atomic mass is 35.5. The van der Waals surface area contributed by atoms with Gasteiger partial charge >= 0.3 is 0 Å². The van der Waals surface area contributed by atoms with Crippen LogP contribution in [0.5, 0.6) is 0 Å². The minimum Gasteiger partial charge on any atom is -0.370 e. The average molecular weight is 328 g/mol. The fourth-order valence-electron chi connectivity index (χ4n) is 2.24. The van der Waals surface area contributed by atoms with Crippen molar-refractivity contribution in [3.8, 4) is 0 Å². The van der Waals surface area contributed by atoms with Crippen molar-refractivity contribution in [3.63, 3.8) is 0 Å². The Bertz CT molecular complexity index is 435. The first-order valence-electron chi connectivity index (χ1n) is 5.94. The molecule has 0 aromatic heterocycles. The lowest BCUT2D eigenvalue weighted by molar-refractivity contribution is 0.353. The van der Waals surface area contributed by atoms with Crippen molar-refractivity contribution in [1.82, 2.24) is 0 Å². The van der Waals surface area contributed by atoms with Crippen molar-refractivity contribution in [2.45, 2.75) is 44.8 Å². The van der Waals surface area contributed by atoms with E-state index in [0.29, 0.717) is 32.3 Å². The molecule has 2 rings (SSSR count). The molecule has 1 saturated heterocycles. The molecule has 0 N–H and O–H groups in total. The minimum absolute atomic E-state index is 0.169. The van der Waals surface area contributed by atoms with E-state index in [0.717, 1.165) is 18.4 Å². The molecule has 100 valence electrons. The highest BCUT2D eigenvalue weighted by molar-refractivity contribution is 6.48. The van der Waals surface area contributed by atoms with E-state index in [2.05, 4.69) is 13.8 Å². The first kappa shape index (κ1) is 14.7. The van der Waals surface area contributed by atoms with Gasteiger partial charge in [0.15, 0.2) is 0 Å². The molecular formula is C13H14Cl4O. The largest absolute Gasteiger partial charge is 0.370 e. The minimum atomic E-state index is 0.169. The van der Waals surface area contributed by atoms with Crippen molar-refractivity contribution in [3.05, 3.63) is 31.7 Å². The molecule has 0 amide bonds. The van der Waals surface area contributed by atoms with E-state index < -0.39 is 0 Å². The number of halogens is 4. The summed E-state index contributed by atoms with van der Waals surface area (Å²) >= 11 is 24.5. The molecule has 0 saturated carbocycles. The SMILES string of the molecule is CCC1OC1CC(C)c1c(Cl)c(Cl)cc(Cl)c1Cl. The van der Waals surface area contributed by atoms with E-state index in [4.69, 9.17) is 51.1 Å². The molecule has 1 aliphatic heterocycles. The van der Waals surface area contributed by atoms with Crippen LogP contribution in [-0.4, -0.2) is 12.2 Å². The quantitative estimate of drug-likeness (QED) is 0.490. The Morgan fingerprint density at radius 1 is 1.11 bits per heavy atom. The third kappa shape index (κ3) is 2.91. The molecule has 1 aromatic carbocycles. The summed E-state index contributed by atoms with van der Waals surface area (Å²) < 4.78 is 5.55. The van der Waals surface area contributed by atoms with Crippen LogP contribution >= 0.6 is 46.4 Å². The van der Waals surface area contributed by atoms with Gasteiger partial charge in [0.1, 0.15) is 0 Å². The lowest BCUT2D eigenvalue weighted by atomic mass is 9.95. The zero-order chi connectivity index (χ0) is 13.4. The summed E-state index contributed by atoms with van der Waals surface area (Å²) in [5.74, 6) is 0.169. The number of ether oxygens (including phenoxy) is 1. The molecule has 0 aliphatic carbocycles. The van der Waals surface area contributed by atoms with Crippen LogP contribution in [0.3, 0.4) is 0 Å². The predicted octanol–water partition coefficient (Wildman–Crippen LogP) is 5.97. The zero-order valence-corrected chi connectivity index (χ0v) is 13.2. The second-order valence-electron chi connectivity index (χ2n) is 4.64. The Morgan fingerprint density at radius 2 is 1.67 bits per heavy atom. The van der Waals surface area contributed by atoms with Crippen LogP contribution in [0.25, 0.3) is 0 Å². The van der Waals surface area contributed by atoms with Gasteiger partial charge in [0.05, 0.1) is 32.3 Å². The van der Waals surface area contributed by atoms with Gasteiger partial charge in [0.25, 0.3) is 0 Å². The summed E-state index contributed by atoms with van der Waals surface area (Å²) in [4.78, 5) is 0. The van der Waals surface area contributed by atoms with Crippen LogP contribution in [0.1, 0.15) is 38.2 Å². The average Bonchev–Trinajstić information content (AvgIpc) is 3.05. The summed E-state index contributed by atoms with van der Waals surface area (Å²) in [6.45, 7) is 4.18. The summed E-state index contributed by atoms with van der Waals surface area (Å²) in [6.07, 6.45) is 2.60. The van der Waals surface area contributed by atoms with Gasteiger partial charge in [-0.15, -0.1) is 0 Å². The van der Waals surface area contributed by atoms with Gasteiger partial charge in [-0.3, -0.25) is 0 Å². The fourth-order valence-corrected chi connectivity index (χ4v) is 3.43. The standard InChI is InChI=1S/C13H14Cl4O/c1-3-9-10(18-9)4-6(2)11-12(16)7(14)5-8(15)13(11)17/h5-6,9-10H,3-4H2,1-2H3. The second-order valence-corrected chi connectivity index (χ2v) is 6.21. The molecule has 1 nitrogen and oxygen atoms in total. The normalized spacial score (nSPS) is 24.1. The van der Waals surface area contributed by atoms with Crippen molar-refractivity contribution < 1.29 is 4.74 Å². The van der Waals surface area contributed by atoms with Crippen LogP contribution in [0.4, 0.5) is 0 Å². The van der Waals surface area contributed by atoms with Crippen molar-refractivity contribution in [2.24, 2.45) is 0 Å². The first-order valence-corrected chi connectivity index (χ1v) is 7.45. The van der Waals surface area contributed by atoms with Crippen LogP contribution in [0.15, 0.2) is 6.07 Å². The molecule has 1 aromatic rings. The number of benzene rings is 1. The van der Waals surface area contributed by atoms with Gasteiger partial charge in [-0.05, 0) is 30.4 Å². The van der Waals surface area contributed by atoms with Crippen molar-refractivity contribution >= 4 is 46.4 Å². The van der Waals surface area contributed by atoms with Gasteiger partial charge in [0, 0.05) is 0 Å². The van der Waals surface area contributed by atoms with Gasteiger partial charge in [-0.1, -0.05) is 60.3 Å². The van der Waals surface area contributed by atoms with Gasteiger partial charge in [0.2, 0.25) is 0 Å². The van der Waals surface area contributed by atoms with Gasteiger partial charge in [-0.2, -0.15) is 0 Å². The Balaban J connectivity index is 2.22. The molecule has 1 aliphatic rings. The summed E-state index contributed by atoms with van der Waals surface area (Å²) in [5.41, 5.74) is 0.821. The third-order valence-electron chi connectivity index (χ3n) is 3.31. The topological polar surface area (TPSA) is 12.5 Å². The highest BCUT2D eigenvalue weighted by Crippen LogP contribution is 2.44. The van der Waals surface area contributed by atoms with Crippen LogP contribution < -0.4 is 0 Å². The highest BCUT2D eigenvalue weighted by Gasteiger charge is 2.38. The van der Waals surface area contributed by atoms with E-state index in [-0.39, 0.29) is 5.92 Å². The Morgan fingerprint density at radius 3 is 2.11 bits per heavy atom. The maximum absolute atomic E-state index is 6.22. The van der Waals surface area contributed by atoms with Crippen molar-refractivity contribution in [2.75, 3.05) is 0 Å². The van der Waals surface area contributed by atoms with E-state index in [1.165, 1.54) is 0 Å². The Hall–Kier alpha value is 0.340. The molecule has 18 heavy (non-hydrogen) atoms. The van der Waals surface area contributed by atoms with E-state index >= 15 is 0 Å². The molecule has 0 bridgehead atoms. The molecule has 1 fully saturated rings. The maximum atomic E-state index is 6.22. The first-order chi connectivity index (χ1) is 8.45. The Kier molecular flexibility index (Phi) is 4.72. The summed E-state index contributed by atoms with van der Waals surface area (Å²) in [5, 5.41) is 1.87. The number of epoxide rings is 1. The van der Waals surface area contributed by atoms with Crippen LogP contribution in [0.2, 0.25) is 20.1 Å². The zero-order valence-electron chi connectivity index (χ0n) is 10.1. The lowest BCUT2D eigenvalue weighted by Gasteiger charge is -2.16. The van der Waals surface area contributed by atoms with Crippen LogP contribution in [-0.2, 0) is 4.74 Å². The van der Waals surface area contributed by atoms with Gasteiger partial charge in [-0.25, -0.2) is 0 Å². The van der Waals surface area contributed by atoms with Crippen LogP contribution in [0, 0.1) is 0 Å². The van der Waals surface area contributed by atoms with Gasteiger partial charge < -0.3 is 4.74 Å². The van der Waals surface area contributed by atoms with E-state index in [1.54, 1.807) is 6.07 Å². The predicted molar refractivity (Wildman–Crippen MR) is 78.5 cm³/mol.